The van der Waals surface area contributed by atoms with E-state index in [4.69, 9.17) is 0 Å². The zero-order valence-corrected chi connectivity index (χ0v) is 16.1. The maximum absolute atomic E-state index is 12.5. The third-order valence-electron chi connectivity index (χ3n) is 6.50. The van der Waals surface area contributed by atoms with Gasteiger partial charge in [0.2, 0.25) is 11.8 Å². The highest BCUT2D eigenvalue weighted by molar-refractivity contribution is 6.02. The van der Waals surface area contributed by atoms with E-state index < -0.39 is 18.0 Å². The van der Waals surface area contributed by atoms with Gasteiger partial charge in [0, 0.05) is 30.1 Å². The summed E-state index contributed by atoms with van der Waals surface area (Å²) in [4.78, 5) is 49.6. The van der Waals surface area contributed by atoms with Gasteiger partial charge in [0.25, 0.3) is 5.91 Å². The largest absolute Gasteiger partial charge is 0.349 e. The fourth-order valence-electron chi connectivity index (χ4n) is 4.86. The van der Waals surface area contributed by atoms with Gasteiger partial charge in [-0.25, -0.2) is 4.79 Å². The Balaban J connectivity index is 1.10. The van der Waals surface area contributed by atoms with Crippen molar-refractivity contribution < 1.29 is 19.2 Å². The van der Waals surface area contributed by atoms with Crippen LogP contribution in [-0.2, 0) is 9.59 Å². The van der Waals surface area contributed by atoms with Gasteiger partial charge in [-0.3, -0.25) is 19.7 Å². The van der Waals surface area contributed by atoms with Crippen LogP contribution >= 0.6 is 0 Å². The van der Waals surface area contributed by atoms with Crippen LogP contribution in [0.15, 0.2) is 24.3 Å². The second-order valence-electron chi connectivity index (χ2n) is 8.95. The van der Waals surface area contributed by atoms with Gasteiger partial charge in [0.15, 0.2) is 0 Å². The van der Waals surface area contributed by atoms with E-state index in [9.17, 15) is 19.2 Å². The summed E-state index contributed by atoms with van der Waals surface area (Å²) >= 11 is 0. The number of rotatable bonds is 4. The van der Waals surface area contributed by atoms with Crippen LogP contribution < -0.4 is 16.0 Å². The van der Waals surface area contributed by atoms with Crippen molar-refractivity contribution in [3.8, 4) is 0 Å². The van der Waals surface area contributed by atoms with Crippen molar-refractivity contribution in [2.24, 2.45) is 5.41 Å². The summed E-state index contributed by atoms with van der Waals surface area (Å²) in [6.45, 7) is 1.23. The van der Waals surface area contributed by atoms with Gasteiger partial charge in [0.05, 0.1) is 6.42 Å². The zero-order chi connectivity index (χ0) is 20.2. The van der Waals surface area contributed by atoms with Gasteiger partial charge in [-0.1, -0.05) is 12.1 Å². The van der Waals surface area contributed by atoms with Crippen LogP contribution in [0.1, 0.15) is 53.9 Å². The van der Waals surface area contributed by atoms with E-state index in [1.54, 1.807) is 4.90 Å². The van der Waals surface area contributed by atoms with E-state index in [2.05, 4.69) is 22.0 Å². The monoisotopic (exact) mass is 396 g/mol. The van der Waals surface area contributed by atoms with E-state index in [1.165, 1.54) is 18.4 Å². The van der Waals surface area contributed by atoms with Crippen molar-refractivity contribution in [1.29, 1.82) is 0 Å². The summed E-state index contributed by atoms with van der Waals surface area (Å²) in [5.41, 5.74) is 2.02. The molecule has 4 fully saturated rings. The van der Waals surface area contributed by atoms with E-state index in [0.29, 0.717) is 24.6 Å². The third-order valence-corrected chi connectivity index (χ3v) is 6.50. The molecule has 5 rings (SSSR count). The van der Waals surface area contributed by atoms with Crippen molar-refractivity contribution in [2.75, 3.05) is 13.1 Å². The second kappa shape index (κ2) is 6.57. The Kier molecular flexibility index (Phi) is 4.11. The number of urea groups is 1. The second-order valence-corrected chi connectivity index (χ2v) is 8.95. The van der Waals surface area contributed by atoms with Crippen molar-refractivity contribution in [1.82, 2.24) is 20.9 Å². The molecule has 5 amide bonds. The zero-order valence-electron chi connectivity index (χ0n) is 16.1. The SMILES string of the molecule is O=C1C[C@@H](C(=O)N2CC3(CC(NC(=O)c4cccc(C5CC5)c4)C3)C2)NC(=O)N1. The maximum atomic E-state index is 12.5. The Hall–Kier alpha value is -2.90. The summed E-state index contributed by atoms with van der Waals surface area (Å²) in [5.74, 6) is -0.0495. The number of nitrogens with one attached hydrogen (secondary N) is 3. The molecule has 3 N–H and O–H groups in total. The van der Waals surface area contributed by atoms with Crippen LogP contribution in [0.2, 0.25) is 0 Å². The number of hydrogen-bond acceptors (Lipinski definition) is 4. The molecule has 1 aromatic carbocycles. The molecule has 2 aliphatic carbocycles. The minimum absolute atomic E-state index is 0.0212. The molecule has 2 heterocycles. The molecule has 1 aromatic rings. The first-order valence-corrected chi connectivity index (χ1v) is 10.2. The Morgan fingerprint density at radius 1 is 1.14 bits per heavy atom. The minimum Gasteiger partial charge on any atom is -0.349 e. The van der Waals surface area contributed by atoms with Crippen molar-refractivity contribution in [3.05, 3.63) is 35.4 Å². The predicted molar refractivity (Wildman–Crippen MR) is 103 cm³/mol. The number of imide groups is 1. The number of carbonyl (C=O) groups is 4. The lowest BCUT2D eigenvalue weighted by atomic mass is 9.60. The molecule has 0 aromatic heterocycles. The molecule has 1 atom stereocenters. The van der Waals surface area contributed by atoms with E-state index >= 15 is 0 Å². The molecular weight excluding hydrogens is 372 g/mol. The number of carbonyl (C=O) groups excluding carboxylic acids is 4. The Morgan fingerprint density at radius 3 is 2.59 bits per heavy atom. The molecular formula is C21H24N4O4. The van der Waals surface area contributed by atoms with Gasteiger partial charge in [0.1, 0.15) is 6.04 Å². The fourth-order valence-corrected chi connectivity index (χ4v) is 4.86. The lowest BCUT2D eigenvalue weighted by Gasteiger charge is -2.59. The molecule has 2 aliphatic heterocycles. The molecule has 8 nitrogen and oxygen atoms in total. The number of hydrogen-bond donors (Lipinski definition) is 3. The summed E-state index contributed by atoms with van der Waals surface area (Å²) in [6.07, 6.45) is 4.10. The van der Waals surface area contributed by atoms with Crippen LogP contribution in [0, 0.1) is 5.41 Å². The quantitative estimate of drug-likeness (QED) is 0.702. The number of benzene rings is 1. The van der Waals surface area contributed by atoms with E-state index in [-0.39, 0.29) is 29.7 Å². The first-order chi connectivity index (χ1) is 13.9. The first-order valence-electron chi connectivity index (χ1n) is 10.2. The highest BCUT2D eigenvalue weighted by atomic mass is 16.2. The lowest BCUT2D eigenvalue weighted by Crippen LogP contribution is -2.70. The minimum atomic E-state index is -0.775. The Morgan fingerprint density at radius 2 is 1.90 bits per heavy atom. The summed E-state index contributed by atoms with van der Waals surface area (Å²) in [6, 6.07) is 6.63. The van der Waals surface area contributed by atoms with Gasteiger partial charge in [-0.15, -0.1) is 0 Å². The highest BCUT2D eigenvalue weighted by Gasteiger charge is 2.55. The average molecular weight is 396 g/mol. The molecule has 2 saturated carbocycles. The van der Waals surface area contributed by atoms with Crippen molar-refractivity contribution in [2.45, 2.75) is 50.1 Å². The molecule has 2 saturated heterocycles. The smallest absolute Gasteiger partial charge is 0.322 e. The van der Waals surface area contributed by atoms with Crippen LogP contribution in [-0.4, -0.2) is 53.8 Å². The normalized spacial score (nSPS) is 25.5. The van der Waals surface area contributed by atoms with E-state index in [0.717, 1.165) is 12.8 Å². The van der Waals surface area contributed by atoms with Crippen LogP contribution in [0.4, 0.5) is 4.79 Å². The van der Waals surface area contributed by atoms with E-state index in [1.807, 2.05) is 18.2 Å². The highest BCUT2D eigenvalue weighted by Crippen LogP contribution is 2.48. The Bertz CT molecular complexity index is 880. The maximum Gasteiger partial charge on any atom is 0.322 e. The number of likely N-dealkylation sites (tertiary alicyclic amines) is 1. The first kappa shape index (κ1) is 18.1. The number of nitrogens with zero attached hydrogens (tertiary/aromatic N) is 1. The number of amides is 5. The van der Waals surface area contributed by atoms with Crippen molar-refractivity contribution in [3.63, 3.8) is 0 Å². The van der Waals surface area contributed by atoms with Crippen LogP contribution in [0.5, 0.6) is 0 Å². The third kappa shape index (κ3) is 3.47. The molecule has 0 bridgehead atoms. The van der Waals surface area contributed by atoms with Gasteiger partial charge in [-0.2, -0.15) is 0 Å². The molecule has 29 heavy (non-hydrogen) atoms. The Labute approximate surface area is 168 Å². The summed E-state index contributed by atoms with van der Waals surface area (Å²) in [7, 11) is 0. The predicted octanol–water partition coefficient (Wildman–Crippen LogP) is 0.883. The molecule has 8 heteroatoms. The van der Waals surface area contributed by atoms with Crippen LogP contribution in [0.25, 0.3) is 0 Å². The topological polar surface area (TPSA) is 108 Å². The summed E-state index contributed by atoms with van der Waals surface area (Å²) < 4.78 is 0. The molecule has 152 valence electrons. The summed E-state index contributed by atoms with van der Waals surface area (Å²) in [5, 5.41) is 7.75. The average Bonchev–Trinajstić information content (AvgIpc) is 3.46. The van der Waals surface area contributed by atoms with Gasteiger partial charge < -0.3 is 15.5 Å². The molecule has 0 unspecified atom stereocenters. The molecule has 1 spiro atoms. The standard InChI is InChI=1S/C21H24N4O4/c26-17-7-16(23-20(29)24-17)19(28)25-10-21(11-25)8-15(9-21)22-18(27)14-3-1-2-13(6-14)12-4-5-12/h1-3,6,12,15-16H,4-5,7-11H2,(H,22,27)(H2,23,24,26,29)/t16-/m0/s1. The molecule has 4 aliphatic rings. The fraction of sp³-hybridized carbons (Fsp3) is 0.524. The van der Waals surface area contributed by atoms with Gasteiger partial charge in [-0.05, 0) is 49.3 Å². The molecule has 0 radical (unpaired) electrons. The van der Waals surface area contributed by atoms with Gasteiger partial charge >= 0.3 is 6.03 Å². The van der Waals surface area contributed by atoms with Crippen molar-refractivity contribution >= 4 is 23.8 Å². The lowest BCUT2D eigenvalue weighted by molar-refractivity contribution is -0.155. The van der Waals surface area contributed by atoms with Crippen LogP contribution in [0.3, 0.4) is 0 Å².